The zero-order valence-electron chi connectivity index (χ0n) is 74.6. The van der Waals surface area contributed by atoms with Gasteiger partial charge in [0, 0.05) is 63.2 Å². The van der Waals surface area contributed by atoms with Crippen molar-refractivity contribution in [2.75, 3.05) is 37.7 Å². The molecule has 44 heteroatoms. The van der Waals surface area contributed by atoms with Crippen molar-refractivity contribution in [2.24, 2.45) is 35.1 Å². The van der Waals surface area contributed by atoms with Crippen molar-refractivity contribution >= 4 is 112 Å². The Morgan fingerprint density at radius 3 is 1.15 bits per heavy atom. The van der Waals surface area contributed by atoms with Gasteiger partial charge in [-0.1, -0.05) is 110 Å². The number of guanidine groups is 1. The van der Waals surface area contributed by atoms with E-state index in [1.165, 1.54) is 122 Å². The molecule has 0 spiro atoms. The highest BCUT2D eigenvalue weighted by Crippen LogP contribution is 2.21. The molecule has 0 bridgehead atoms. The van der Waals surface area contributed by atoms with Crippen LogP contribution in [0.4, 0.5) is 0 Å². The van der Waals surface area contributed by atoms with Crippen molar-refractivity contribution in [2.45, 2.75) is 199 Å². The lowest BCUT2D eigenvalue weighted by Gasteiger charge is -2.30. The first-order chi connectivity index (χ1) is 62.7. The summed E-state index contributed by atoms with van der Waals surface area (Å²) in [5, 5.41) is 91.1. The van der Waals surface area contributed by atoms with Crippen LogP contribution in [0.1, 0.15) is 121 Å². The minimum Gasteiger partial charge on any atom is -0.508 e. The van der Waals surface area contributed by atoms with Crippen LogP contribution in [0.25, 0.3) is 0 Å². The van der Waals surface area contributed by atoms with E-state index in [1.54, 1.807) is 55.4 Å². The number of aromatic amines is 2. The highest BCUT2D eigenvalue weighted by atomic mass is 32.2. The lowest BCUT2D eigenvalue weighted by atomic mass is 9.95. The summed E-state index contributed by atoms with van der Waals surface area (Å²) in [7, 11) is 0. The average molecular weight is 1850 g/mol. The van der Waals surface area contributed by atoms with Crippen LogP contribution >= 0.6 is 11.8 Å². The number of nitrogens with two attached hydrogens (primary N) is 2. The number of phenolic OH excluding ortho intramolecular Hbond substituents is 4. The van der Waals surface area contributed by atoms with Crippen LogP contribution in [0, 0.1) is 29.1 Å². The summed E-state index contributed by atoms with van der Waals surface area (Å²) in [4.78, 5) is 246. The Balaban J connectivity index is 1.31. The van der Waals surface area contributed by atoms with Crippen molar-refractivity contribution in [3.8, 4) is 23.0 Å². The van der Waals surface area contributed by atoms with Crippen LogP contribution in [-0.4, -0.2) is 251 Å². The van der Waals surface area contributed by atoms with Gasteiger partial charge in [0.2, 0.25) is 94.5 Å². The summed E-state index contributed by atoms with van der Waals surface area (Å²) in [6, 6.07) is 3.56. The molecular formula is C88H121N23O20S. The van der Waals surface area contributed by atoms with E-state index in [2.05, 4.69) is 105 Å². The number of nitrogens with zero attached hydrogens (tertiary/aromatic N) is 2. The Bertz CT molecular complexity index is 4910. The summed E-state index contributed by atoms with van der Waals surface area (Å²) in [6.07, 6.45) is 3.24. The molecule has 43 nitrogen and oxygen atoms in total. The zero-order chi connectivity index (χ0) is 96.8. The summed E-state index contributed by atoms with van der Waals surface area (Å²) >= 11 is 0.760. The summed E-state index contributed by atoms with van der Waals surface area (Å²) in [5.74, 6) is -19.3. The molecule has 1 aliphatic rings. The van der Waals surface area contributed by atoms with E-state index in [9.17, 15) is 63.6 Å². The van der Waals surface area contributed by atoms with Gasteiger partial charge in [-0.3, -0.25) is 82.1 Å². The number of imidazole rings is 2. The molecule has 13 atom stereocenters. The highest BCUT2D eigenvalue weighted by Gasteiger charge is 2.40. The smallest absolute Gasteiger partial charge is 0.243 e. The summed E-state index contributed by atoms with van der Waals surface area (Å²) < 4.78 is 0. The molecule has 0 radical (unpaired) electrons. The van der Waals surface area contributed by atoms with Crippen molar-refractivity contribution < 1.29 is 97.1 Å². The van der Waals surface area contributed by atoms with Gasteiger partial charge in [-0.2, -0.15) is 0 Å². The molecule has 0 saturated carbocycles. The number of aromatic nitrogens is 4. The quantitative estimate of drug-likeness (QED) is 0.0148. The van der Waals surface area contributed by atoms with Crippen LogP contribution in [0.3, 0.4) is 0 Å². The second-order valence-corrected chi connectivity index (χ2v) is 34.3. The predicted molar refractivity (Wildman–Crippen MR) is 483 cm³/mol. The van der Waals surface area contributed by atoms with Gasteiger partial charge in [0.05, 0.1) is 49.4 Å². The number of hydrogen-bond donors (Lipinski definition) is 25. The Morgan fingerprint density at radius 1 is 0.424 bits per heavy atom. The number of carbonyl (C=O) groups is 16. The van der Waals surface area contributed by atoms with Gasteiger partial charge in [-0.05, 0) is 120 Å². The van der Waals surface area contributed by atoms with Gasteiger partial charge in [0.25, 0.3) is 0 Å². The average Bonchev–Trinajstić information content (AvgIpc) is 1.15. The Labute approximate surface area is 766 Å². The molecule has 27 N–H and O–H groups in total. The maximum Gasteiger partial charge on any atom is 0.243 e. The first-order valence-electron chi connectivity index (χ1n) is 43.1. The molecule has 1 aliphatic heterocycles. The number of aromatic hydroxyl groups is 4. The normalized spacial score (nSPS) is 22.3. The van der Waals surface area contributed by atoms with E-state index in [-0.39, 0.29) is 117 Å². The molecule has 0 aliphatic carbocycles. The van der Waals surface area contributed by atoms with Crippen LogP contribution in [-0.2, 0) is 115 Å². The van der Waals surface area contributed by atoms with Crippen molar-refractivity contribution in [1.82, 2.24) is 105 Å². The van der Waals surface area contributed by atoms with Gasteiger partial charge >= 0.3 is 0 Å². The molecule has 132 heavy (non-hydrogen) atoms. The number of rotatable bonds is 26. The monoisotopic (exact) mass is 1850 g/mol. The van der Waals surface area contributed by atoms with E-state index < -0.39 is 222 Å². The van der Waals surface area contributed by atoms with E-state index >= 15 is 33.6 Å². The largest absolute Gasteiger partial charge is 0.508 e. The van der Waals surface area contributed by atoms with E-state index in [4.69, 9.17) is 16.9 Å². The molecule has 16 amide bonds. The maximum atomic E-state index is 15.5. The van der Waals surface area contributed by atoms with E-state index in [0.29, 0.717) is 22.3 Å². The number of thioether (sulfide) groups is 1. The molecule has 1 fully saturated rings. The van der Waals surface area contributed by atoms with Crippen LogP contribution in [0.5, 0.6) is 23.0 Å². The third kappa shape index (κ3) is 35.9. The van der Waals surface area contributed by atoms with Gasteiger partial charge in [0.1, 0.15) is 95.5 Å². The third-order valence-corrected chi connectivity index (χ3v) is 22.1. The predicted octanol–water partition coefficient (Wildman–Crippen LogP) is -2.83. The lowest BCUT2D eigenvalue weighted by molar-refractivity contribution is -0.136. The fraction of sp³-hybridized carbons (Fsp3) is 0.466. The van der Waals surface area contributed by atoms with Crippen LogP contribution in [0.15, 0.2) is 122 Å². The van der Waals surface area contributed by atoms with Crippen molar-refractivity contribution in [3.05, 3.63) is 156 Å². The zero-order valence-corrected chi connectivity index (χ0v) is 75.4. The lowest BCUT2D eigenvalue weighted by Crippen LogP contribution is -2.62. The third-order valence-electron chi connectivity index (χ3n) is 21.1. The minimum atomic E-state index is -1.70. The Hall–Kier alpha value is -14.4. The number of phenols is 4. The van der Waals surface area contributed by atoms with Gasteiger partial charge in [-0.25, -0.2) is 9.97 Å². The molecule has 4 aromatic carbocycles. The van der Waals surface area contributed by atoms with E-state index in [1.807, 2.05) is 0 Å². The highest BCUT2D eigenvalue weighted by molar-refractivity contribution is 8.00. The fourth-order valence-electron chi connectivity index (χ4n) is 13.8. The summed E-state index contributed by atoms with van der Waals surface area (Å²) in [5.41, 5.74) is 12.8. The Kier molecular flexibility index (Phi) is 41.5. The molecule has 6 aromatic rings. The number of primary amides is 1. The molecule has 2 aromatic heterocycles. The molecule has 0 unspecified atom stereocenters. The number of H-pyrrole nitrogens is 2. The van der Waals surface area contributed by atoms with Crippen molar-refractivity contribution in [1.29, 1.82) is 5.41 Å². The first kappa shape index (κ1) is 105. The second-order valence-electron chi connectivity index (χ2n) is 33.3. The molecule has 1 saturated heterocycles. The molecule has 7 rings (SSSR count). The number of carbonyl (C=O) groups excluding carboxylic acids is 16. The number of amides is 16. The fourth-order valence-corrected chi connectivity index (χ4v) is 14.7. The second kappa shape index (κ2) is 52.3. The van der Waals surface area contributed by atoms with Gasteiger partial charge < -0.3 is 127 Å². The van der Waals surface area contributed by atoms with Crippen molar-refractivity contribution in [3.63, 3.8) is 0 Å². The SMILES string of the molecule is CC[C@H](C)[C@@H]1NC(=O)[C@H](CCCNC(=N)N)NC(=O)[C@H](Cc2ccc(O)cc2)NC(=O)[C@H](Cc2ccc(O)cc2)NC(=O)[C@H](Cc2c[nH]cn2)NC(=O)[C@H](Cc2c[nH]cn2)NC(=O)[C@H](Cc2ccc(O)cc2)NC(=O)CSC[C@@H](C(=O)NCC(N)=O)NC(=O)CNC(=O)[C@H](CC(C)C)NC(=O)[C@H](C(C)C)NC(=O)CNC(=O)[C@H](Cc2ccc(O)cc2)NC(=O)[C@H](CC(C)C)NC1=O. The number of nitrogens with one attached hydrogen (secondary N) is 19. The maximum absolute atomic E-state index is 15.5. The van der Waals surface area contributed by atoms with Crippen LogP contribution in [0.2, 0.25) is 0 Å². The van der Waals surface area contributed by atoms with Gasteiger partial charge in [-0.15, -0.1) is 11.8 Å². The molecular weight excluding hydrogens is 1730 g/mol. The van der Waals surface area contributed by atoms with Gasteiger partial charge in [0.15, 0.2) is 5.96 Å². The topological polar surface area (TPSA) is 680 Å². The molecule has 714 valence electrons. The number of hydrogen-bond acceptors (Lipinski definition) is 24. The van der Waals surface area contributed by atoms with E-state index in [0.717, 1.165) is 11.8 Å². The number of benzene rings is 4. The first-order valence-corrected chi connectivity index (χ1v) is 44.3. The summed E-state index contributed by atoms with van der Waals surface area (Å²) in [6.45, 7) is 11.2. The minimum absolute atomic E-state index is 0.0213. The standard InChI is InChI=1S/C88H121N23O20S/c1-9-49(8)75-87(131)109-62(30-47(4)5)80(124)103-63(31-50-12-20-56(112)21-13-50)77(121)97-41-72(118)110-74(48(6)7)86(130)108-61(29-46(2)3)76(120)96-40-71(117)101-69(78(122)95-39-70(89)116)42-132-43-73(119)100-64(32-51-14-22-57(113)23-15-51)81(125)106-68(36-55-38-93-45-99-55)85(129)107-67(35-54-37-92-44-98-54)84(128)105-66(34-53-18-26-59(115)27-19-53)83(127)104-65(33-52-16-24-58(114)25-17-52)82(126)102-60(79(123)111-75)11-10-28-94-88(90)91/h12-27,37-38,44-49,60-69,74-75,112-115H,9-11,28-36,39-43H2,1-8H3,(H2,89,116)(H,92,98)(H,93,99)(H,95,122)(H,96,120)(H,97,121)(H,100,119)(H,101,117)(H,102,126)(H,103,124)(H,104,127)(H,105,128)(H,106,125)(H,107,129)(H,108,130)(H,109,131)(H,110,118)(H,111,123)(H4,90,91,94)/t49-,60-,61-,62-,63-,64-,65-,66-,67-,68-,69-,74-,75-/m0/s1. The van der Waals surface area contributed by atoms with Crippen LogP contribution < -0.4 is 96.5 Å². The molecule has 3 heterocycles. The Morgan fingerprint density at radius 2 is 0.773 bits per heavy atom.